The molecular formula is C21H23NO4. The first-order valence-electron chi connectivity index (χ1n) is 8.69. The molecule has 0 fully saturated rings. The van der Waals surface area contributed by atoms with Crippen molar-refractivity contribution in [3.8, 4) is 5.75 Å². The number of benzene rings is 2. The maximum Gasteiger partial charge on any atom is 0.303 e. The number of carbonyl (C=O) groups is 1. The molecule has 3 rings (SSSR count). The number of methoxy groups -OCH3 is 1. The minimum absolute atomic E-state index is 0.0660. The van der Waals surface area contributed by atoms with Crippen molar-refractivity contribution < 1.29 is 19.1 Å². The van der Waals surface area contributed by atoms with E-state index in [4.69, 9.17) is 14.3 Å². The molecule has 5 nitrogen and oxygen atoms in total. The van der Waals surface area contributed by atoms with Crippen LogP contribution in [0.4, 0.5) is 0 Å². The monoisotopic (exact) mass is 353 g/mol. The molecule has 3 aromatic rings. The van der Waals surface area contributed by atoms with E-state index in [-0.39, 0.29) is 12.5 Å². The summed E-state index contributed by atoms with van der Waals surface area (Å²) in [5.74, 6) is 0.837. The number of hydrogen-bond donors (Lipinski definition) is 2. The number of ether oxygens (including phenoxy) is 1. The number of aliphatic carboxylic acids is 1. The topological polar surface area (TPSA) is 71.7 Å². The van der Waals surface area contributed by atoms with Crippen LogP contribution in [0.5, 0.6) is 5.75 Å². The van der Waals surface area contributed by atoms with E-state index in [0.717, 1.165) is 28.9 Å². The number of furan rings is 1. The highest BCUT2D eigenvalue weighted by Crippen LogP contribution is 2.24. The van der Waals surface area contributed by atoms with Crippen LogP contribution in [0, 0.1) is 0 Å². The first kappa shape index (κ1) is 18.0. The number of rotatable bonds is 9. The summed E-state index contributed by atoms with van der Waals surface area (Å²) < 4.78 is 11.1. The molecule has 1 heterocycles. The molecule has 0 saturated carbocycles. The number of carboxylic acids is 1. The molecule has 0 bridgehead atoms. The average Bonchev–Trinajstić information content (AvgIpc) is 3.06. The van der Waals surface area contributed by atoms with E-state index >= 15 is 0 Å². The molecule has 2 N–H and O–H groups in total. The summed E-state index contributed by atoms with van der Waals surface area (Å²) >= 11 is 0. The quantitative estimate of drug-likeness (QED) is 0.608. The summed E-state index contributed by atoms with van der Waals surface area (Å²) in [4.78, 5) is 11.0. The molecule has 0 amide bonds. The molecule has 1 unspecified atom stereocenters. The van der Waals surface area contributed by atoms with E-state index in [0.29, 0.717) is 13.0 Å². The van der Waals surface area contributed by atoms with E-state index in [1.807, 2.05) is 42.5 Å². The van der Waals surface area contributed by atoms with Gasteiger partial charge in [-0.2, -0.15) is 0 Å². The Bertz CT molecular complexity index is 857. The Morgan fingerprint density at radius 1 is 1.19 bits per heavy atom. The lowest BCUT2D eigenvalue weighted by Crippen LogP contribution is -2.31. The molecule has 0 radical (unpaired) electrons. The Balaban J connectivity index is 1.67. The van der Waals surface area contributed by atoms with E-state index in [1.165, 1.54) is 5.56 Å². The molecule has 0 aliphatic rings. The second-order valence-electron chi connectivity index (χ2n) is 6.32. The fourth-order valence-electron chi connectivity index (χ4n) is 3.01. The summed E-state index contributed by atoms with van der Waals surface area (Å²) in [5, 5.41) is 13.4. The lowest BCUT2D eigenvalue weighted by Gasteiger charge is -2.17. The molecule has 136 valence electrons. The van der Waals surface area contributed by atoms with Crippen LogP contribution in [0.1, 0.15) is 24.2 Å². The Hall–Kier alpha value is -2.79. The first-order chi connectivity index (χ1) is 12.6. The van der Waals surface area contributed by atoms with Crippen LogP contribution in [0.15, 0.2) is 59.0 Å². The summed E-state index contributed by atoms with van der Waals surface area (Å²) in [6.07, 6.45) is 1.49. The number of carboxylic acid groups (broad SMARTS) is 1. The lowest BCUT2D eigenvalue weighted by atomic mass is 10.0. The maximum atomic E-state index is 11.0. The smallest absolute Gasteiger partial charge is 0.303 e. The standard InChI is InChI=1S/C21H23NO4/c1-25-18-8-9-20-16(12-18)13-19(26-20)14-22-17(7-10-21(23)24)11-15-5-3-2-4-6-15/h2-6,8-9,12-13,17,22H,7,10-11,14H2,1H3,(H,23,24). The van der Waals surface area contributed by atoms with Crippen molar-refractivity contribution in [1.29, 1.82) is 0 Å². The van der Waals surface area contributed by atoms with Crippen LogP contribution < -0.4 is 10.1 Å². The van der Waals surface area contributed by atoms with Gasteiger partial charge in [-0.3, -0.25) is 4.79 Å². The first-order valence-corrected chi connectivity index (χ1v) is 8.69. The summed E-state index contributed by atoms with van der Waals surface area (Å²) in [7, 11) is 1.64. The third-order valence-electron chi connectivity index (χ3n) is 4.37. The molecule has 1 aromatic heterocycles. The van der Waals surface area contributed by atoms with Gasteiger partial charge in [0.05, 0.1) is 13.7 Å². The predicted molar refractivity (Wildman–Crippen MR) is 100 cm³/mol. The zero-order valence-corrected chi connectivity index (χ0v) is 14.8. The zero-order valence-electron chi connectivity index (χ0n) is 14.8. The van der Waals surface area contributed by atoms with Gasteiger partial charge in [-0.25, -0.2) is 0 Å². The maximum absolute atomic E-state index is 11.0. The van der Waals surface area contributed by atoms with E-state index < -0.39 is 5.97 Å². The molecule has 2 aromatic carbocycles. The normalized spacial score (nSPS) is 12.2. The second-order valence-corrected chi connectivity index (χ2v) is 6.32. The van der Waals surface area contributed by atoms with Crippen molar-refractivity contribution in [1.82, 2.24) is 5.32 Å². The average molecular weight is 353 g/mol. The van der Waals surface area contributed by atoms with Crippen LogP contribution in [0.3, 0.4) is 0 Å². The molecule has 1 atom stereocenters. The van der Waals surface area contributed by atoms with Crippen molar-refractivity contribution in [2.75, 3.05) is 7.11 Å². The third kappa shape index (κ3) is 4.86. The van der Waals surface area contributed by atoms with Crippen molar-refractivity contribution in [3.63, 3.8) is 0 Å². The van der Waals surface area contributed by atoms with Crippen molar-refractivity contribution >= 4 is 16.9 Å². The summed E-state index contributed by atoms with van der Waals surface area (Å²) in [6.45, 7) is 0.550. The van der Waals surface area contributed by atoms with Crippen molar-refractivity contribution in [2.24, 2.45) is 0 Å². The van der Waals surface area contributed by atoms with E-state index in [2.05, 4.69) is 17.4 Å². The van der Waals surface area contributed by atoms with Crippen LogP contribution in [0.25, 0.3) is 11.0 Å². The summed E-state index contributed by atoms with van der Waals surface area (Å²) in [6, 6.07) is 17.8. The van der Waals surface area contributed by atoms with E-state index in [1.54, 1.807) is 7.11 Å². The van der Waals surface area contributed by atoms with Crippen molar-refractivity contribution in [2.45, 2.75) is 31.8 Å². The van der Waals surface area contributed by atoms with Gasteiger partial charge >= 0.3 is 5.97 Å². The van der Waals surface area contributed by atoms with Gasteiger partial charge < -0.3 is 19.6 Å². The number of hydrogen-bond acceptors (Lipinski definition) is 4. The second kappa shape index (κ2) is 8.54. The molecule has 0 spiro atoms. The third-order valence-corrected chi connectivity index (χ3v) is 4.37. The number of nitrogens with one attached hydrogen (secondary N) is 1. The van der Waals surface area contributed by atoms with Gasteiger partial charge in [0.15, 0.2) is 0 Å². The van der Waals surface area contributed by atoms with Crippen molar-refractivity contribution in [3.05, 3.63) is 65.9 Å². The highest BCUT2D eigenvalue weighted by Gasteiger charge is 2.13. The minimum Gasteiger partial charge on any atom is -0.497 e. The SMILES string of the molecule is COc1ccc2oc(CNC(CCC(=O)O)Cc3ccccc3)cc2c1. The fraction of sp³-hybridized carbons (Fsp3) is 0.286. The van der Waals surface area contributed by atoms with Crippen LogP contribution in [-0.2, 0) is 17.8 Å². The predicted octanol–water partition coefficient (Wildman–Crippen LogP) is 4.01. The minimum atomic E-state index is -0.777. The van der Waals surface area contributed by atoms with Crippen LogP contribution in [-0.4, -0.2) is 24.2 Å². The highest BCUT2D eigenvalue weighted by molar-refractivity contribution is 5.79. The van der Waals surface area contributed by atoms with Gasteiger partial charge in [0, 0.05) is 17.8 Å². The van der Waals surface area contributed by atoms with Gasteiger partial charge in [0.25, 0.3) is 0 Å². The molecule has 5 heteroatoms. The van der Waals surface area contributed by atoms with Gasteiger partial charge in [-0.15, -0.1) is 0 Å². The molecule has 26 heavy (non-hydrogen) atoms. The Morgan fingerprint density at radius 2 is 2.00 bits per heavy atom. The Labute approximate surface area is 152 Å². The van der Waals surface area contributed by atoms with Gasteiger partial charge in [-0.1, -0.05) is 30.3 Å². The lowest BCUT2D eigenvalue weighted by molar-refractivity contribution is -0.137. The van der Waals surface area contributed by atoms with Gasteiger partial charge in [0.2, 0.25) is 0 Å². The highest BCUT2D eigenvalue weighted by atomic mass is 16.5. The number of fused-ring (bicyclic) bond motifs is 1. The summed E-state index contributed by atoms with van der Waals surface area (Å²) in [5.41, 5.74) is 2.00. The molecular weight excluding hydrogens is 330 g/mol. The Kier molecular flexibility index (Phi) is 5.92. The molecule has 0 aliphatic carbocycles. The molecule has 0 saturated heterocycles. The van der Waals surface area contributed by atoms with Crippen LogP contribution >= 0.6 is 0 Å². The molecule has 0 aliphatic heterocycles. The largest absolute Gasteiger partial charge is 0.497 e. The zero-order chi connectivity index (χ0) is 18.4. The van der Waals surface area contributed by atoms with Gasteiger partial charge in [0.1, 0.15) is 17.1 Å². The van der Waals surface area contributed by atoms with E-state index in [9.17, 15) is 4.79 Å². The van der Waals surface area contributed by atoms with Gasteiger partial charge in [-0.05, 0) is 42.7 Å². The Morgan fingerprint density at radius 3 is 2.73 bits per heavy atom. The van der Waals surface area contributed by atoms with Crippen LogP contribution in [0.2, 0.25) is 0 Å². The fourth-order valence-corrected chi connectivity index (χ4v) is 3.01.